The maximum atomic E-state index is 12.9. The number of methoxy groups -OCH3 is 1. The van der Waals surface area contributed by atoms with Crippen molar-refractivity contribution in [3.63, 3.8) is 0 Å². The molecule has 2 saturated carbocycles. The van der Waals surface area contributed by atoms with Crippen LogP contribution in [0.2, 0.25) is 0 Å². The first-order chi connectivity index (χ1) is 9.76. The summed E-state index contributed by atoms with van der Waals surface area (Å²) in [6, 6.07) is 5.86. The third-order valence-corrected chi connectivity index (χ3v) is 5.23. The van der Waals surface area contributed by atoms with Gasteiger partial charge in [0.25, 0.3) is 0 Å². The van der Waals surface area contributed by atoms with Crippen LogP contribution in [-0.4, -0.2) is 17.9 Å². The average molecular weight is 269 g/mol. The molecule has 2 bridgehead atoms. The zero-order valence-electron chi connectivity index (χ0n) is 11.7. The van der Waals surface area contributed by atoms with Gasteiger partial charge in [-0.3, -0.25) is 4.79 Å². The normalized spacial score (nSPS) is 28.1. The summed E-state index contributed by atoms with van der Waals surface area (Å²) in [5.41, 5.74) is 1.86. The Bertz CT molecular complexity index is 673. The van der Waals surface area contributed by atoms with Crippen molar-refractivity contribution < 1.29 is 9.53 Å². The Morgan fingerprint density at radius 1 is 1.30 bits per heavy atom. The minimum atomic E-state index is 0.249. The number of hydrogen-bond donors (Lipinski definition) is 1. The Kier molecular flexibility index (Phi) is 2.62. The number of benzene rings is 1. The lowest BCUT2D eigenvalue weighted by Gasteiger charge is -2.19. The molecular weight excluding hydrogens is 250 g/mol. The molecule has 2 aliphatic rings. The fourth-order valence-corrected chi connectivity index (χ4v) is 4.20. The van der Waals surface area contributed by atoms with E-state index in [1.807, 2.05) is 24.4 Å². The maximum Gasteiger partial charge on any atom is 0.168 e. The molecule has 0 amide bonds. The molecule has 20 heavy (non-hydrogen) atoms. The van der Waals surface area contributed by atoms with E-state index in [2.05, 4.69) is 4.98 Å². The molecule has 0 spiro atoms. The molecule has 0 radical (unpaired) electrons. The maximum absolute atomic E-state index is 12.9. The van der Waals surface area contributed by atoms with Crippen LogP contribution >= 0.6 is 0 Å². The molecule has 1 aromatic heterocycles. The second kappa shape index (κ2) is 4.37. The molecule has 2 fully saturated rings. The van der Waals surface area contributed by atoms with Crippen LogP contribution in [-0.2, 0) is 0 Å². The molecule has 2 aliphatic carbocycles. The smallest absolute Gasteiger partial charge is 0.168 e. The molecule has 3 heteroatoms. The summed E-state index contributed by atoms with van der Waals surface area (Å²) in [4.78, 5) is 16.1. The summed E-state index contributed by atoms with van der Waals surface area (Å²) in [7, 11) is 1.66. The van der Waals surface area contributed by atoms with Crippen molar-refractivity contribution in [3.05, 3.63) is 30.0 Å². The van der Waals surface area contributed by atoms with Gasteiger partial charge in [0.05, 0.1) is 7.11 Å². The number of ether oxygens (including phenoxy) is 1. The Morgan fingerprint density at radius 2 is 2.20 bits per heavy atom. The molecule has 0 aliphatic heterocycles. The summed E-state index contributed by atoms with van der Waals surface area (Å²) in [5.74, 6) is 2.81. The molecule has 3 unspecified atom stereocenters. The van der Waals surface area contributed by atoms with E-state index in [-0.39, 0.29) is 5.92 Å². The number of carbonyl (C=O) groups excluding carboxylic acids is 1. The van der Waals surface area contributed by atoms with E-state index in [1.165, 1.54) is 19.3 Å². The Morgan fingerprint density at radius 3 is 2.90 bits per heavy atom. The van der Waals surface area contributed by atoms with Gasteiger partial charge in [-0.1, -0.05) is 6.42 Å². The summed E-state index contributed by atoms with van der Waals surface area (Å²) in [5, 5.41) is 0.997. The van der Waals surface area contributed by atoms with Gasteiger partial charge in [-0.25, -0.2) is 0 Å². The second-order valence-electron chi connectivity index (χ2n) is 6.26. The fraction of sp³-hybridized carbons (Fsp3) is 0.471. The van der Waals surface area contributed by atoms with Crippen molar-refractivity contribution in [1.29, 1.82) is 0 Å². The minimum absolute atomic E-state index is 0.249. The van der Waals surface area contributed by atoms with Gasteiger partial charge in [0, 0.05) is 28.6 Å². The number of carbonyl (C=O) groups is 1. The van der Waals surface area contributed by atoms with Crippen LogP contribution < -0.4 is 4.74 Å². The number of aromatic amines is 1. The van der Waals surface area contributed by atoms with E-state index in [0.717, 1.165) is 34.6 Å². The third-order valence-electron chi connectivity index (χ3n) is 5.23. The molecule has 1 heterocycles. The summed E-state index contributed by atoms with van der Waals surface area (Å²) in [6.45, 7) is 0. The molecular formula is C17H19NO2. The number of hydrogen-bond acceptors (Lipinski definition) is 2. The van der Waals surface area contributed by atoms with Crippen LogP contribution in [0.1, 0.15) is 36.0 Å². The van der Waals surface area contributed by atoms with Crippen molar-refractivity contribution >= 4 is 16.7 Å². The van der Waals surface area contributed by atoms with Crippen LogP contribution in [0, 0.1) is 17.8 Å². The van der Waals surface area contributed by atoms with Crippen molar-refractivity contribution in [2.75, 3.05) is 7.11 Å². The average Bonchev–Trinajstić information content (AvgIpc) is 3.20. The molecule has 3 nitrogen and oxygen atoms in total. The van der Waals surface area contributed by atoms with E-state index in [0.29, 0.717) is 11.7 Å². The number of ketones is 1. The molecule has 2 aromatic rings. The summed E-state index contributed by atoms with van der Waals surface area (Å²) >= 11 is 0. The van der Waals surface area contributed by atoms with Crippen molar-refractivity contribution in [1.82, 2.24) is 4.98 Å². The highest BCUT2D eigenvalue weighted by molar-refractivity contribution is 6.09. The number of rotatable bonds is 3. The van der Waals surface area contributed by atoms with Crippen molar-refractivity contribution in [2.24, 2.45) is 17.8 Å². The highest BCUT2D eigenvalue weighted by atomic mass is 16.5. The van der Waals surface area contributed by atoms with Crippen LogP contribution in [0.5, 0.6) is 5.75 Å². The van der Waals surface area contributed by atoms with E-state index >= 15 is 0 Å². The zero-order chi connectivity index (χ0) is 13.7. The molecule has 1 N–H and O–H groups in total. The lowest BCUT2D eigenvalue weighted by Crippen LogP contribution is -2.20. The number of fused-ring (bicyclic) bond motifs is 3. The number of H-pyrrole nitrogens is 1. The number of nitrogens with one attached hydrogen (secondary N) is 1. The van der Waals surface area contributed by atoms with Crippen LogP contribution in [0.3, 0.4) is 0 Å². The van der Waals surface area contributed by atoms with Crippen LogP contribution in [0.4, 0.5) is 0 Å². The first-order valence-electron chi connectivity index (χ1n) is 7.45. The van der Waals surface area contributed by atoms with E-state index in [1.54, 1.807) is 7.11 Å². The Hall–Kier alpha value is -1.77. The lowest BCUT2D eigenvalue weighted by atomic mass is 9.83. The first-order valence-corrected chi connectivity index (χ1v) is 7.45. The van der Waals surface area contributed by atoms with Gasteiger partial charge in [0.2, 0.25) is 0 Å². The number of Topliss-reactive ketones (excluding diaryl/α,β-unsaturated/α-hetero) is 1. The van der Waals surface area contributed by atoms with Crippen molar-refractivity contribution in [3.8, 4) is 5.75 Å². The van der Waals surface area contributed by atoms with Gasteiger partial charge in [-0.2, -0.15) is 0 Å². The largest absolute Gasteiger partial charge is 0.497 e. The third kappa shape index (κ3) is 1.69. The Labute approximate surface area is 118 Å². The van der Waals surface area contributed by atoms with E-state index in [9.17, 15) is 4.79 Å². The van der Waals surface area contributed by atoms with E-state index < -0.39 is 0 Å². The molecule has 3 atom stereocenters. The highest BCUT2D eigenvalue weighted by Crippen LogP contribution is 2.49. The van der Waals surface area contributed by atoms with Gasteiger partial charge in [0.1, 0.15) is 5.75 Å². The van der Waals surface area contributed by atoms with Gasteiger partial charge >= 0.3 is 0 Å². The predicted molar refractivity (Wildman–Crippen MR) is 78.1 cm³/mol. The molecule has 0 saturated heterocycles. The van der Waals surface area contributed by atoms with Gasteiger partial charge in [0.15, 0.2) is 5.78 Å². The van der Waals surface area contributed by atoms with Crippen molar-refractivity contribution in [2.45, 2.75) is 25.7 Å². The van der Waals surface area contributed by atoms with Crippen LogP contribution in [0.15, 0.2) is 24.4 Å². The molecule has 104 valence electrons. The lowest BCUT2D eigenvalue weighted by molar-refractivity contribution is 0.0876. The Balaban J connectivity index is 1.72. The number of aromatic nitrogens is 1. The fourth-order valence-electron chi connectivity index (χ4n) is 4.20. The van der Waals surface area contributed by atoms with Gasteiger partial charge in [-0.05, 0) is 49.3 Å². The van der Waals surface area contributed by atoms with Crippen LogP contribution in [0.25, 0.3) is 10.9 Å². The summed E-state index contributed by atoms with van der Waals surface area (Å²) in [6.07, 6.45) is 6.81. The topological polar surface area (TPSA) is 42.1 Å². The monoisotopic (exact) mass is 269 g/mol. The zero-order valence-corrected chi connectivity index (χ0v) is 11.7. The molecule has 1 aromatic carbocycles. The highest BCUT2D eigenvalue weighted by Gasteiger charge is 2.43. The standard InChI is InChI=1S/C17H19NO2/c1-20-12-4-5-16-14(8-12)15(9-18-16)17(19)13-7-10-2-3-11(13)6-10/h4-5,8-11,13,18H,2-3,6-7H2,1H3. The minimum Gasteiger partial charge on any atom is -0.497 e. The SMILES string of the molecule is COc1ccc2[nH]cc(C(=O)C3CC4CCC3C4)c2c1. The van der Waals surface area contributed by atoms with Gasteiger partial charge in [-0.15, -0.1) is 0 Å². The predicted octanol–water partition coefficient (Wildman–Crippen LogP) is 3.80. The quantitative estimate of drug-likeness (QED) is 0.861. The second-order valence-corrected chi connectivity index (χ2v) is 6.26. The van der Waals surface area contributed by atoms with E-state index in [4.69, 9.17) is 4.74 Å². The van der Waals surface area contributed by atoms with Gasteiger partial charge < -0.3 is 9.72 Å². The molecule has 4 rings (SSSR count). The summed E-state index contributed by atoms with van der Waals surface area (Å²) < 4.78 is 5.28. The first kappa shape index (κ1) is 12.0.